The van der Waals surface area contributed by atoms with E-state index in [4.69, 9.17) is 10.00 Å². The SMILES string of the molecule is CC(=O)C(C#N)C(=O)OCCc1ccc([N+](=O)[O-])cc1. The van der Waals surface area contributed by atoms with Gasteiger partial charge in [-0.05, 0) is 12.5 Å². The van der Waals surface area contributed by atoms with Crippen LogP contribution in [-0.4, -0.2) is 23.3 Å². The normalized spacial score (nSPS) is 11.2. The van der Waals surface area contributed by atoms with Crippen LogP contribution in [0, 0.1) is 27.4 Å². The van der Waals surface area contributed by atoms with Crippen LogP contribution in [0.15, 0.2) is 24.3 Å². The van der Waals surface area contributed by atoms with Crippen molar-refractivity contribution in [2.75, 3.05) is 6.61 Å². The molecule has 1 atom stereocenters. The van der Waals surface area contributed by atoms with Gasteiger partial charge in [-0.25, -0.2) is 0 Å². The Morgan fingerprint density at radius 2 is 2.00 bits per heavy atom. The van der Waals surface area contributed by atoms with E-state index in [1.807, 2.05) is 0 Å². The first-order valence-electron chi connectivity index (χ1n) is 5.75. The summed E-state index contributed by atoms with van der Waals surface area (Å²) in [4.78, 5) is 32.3. The Kier molecular flexibility index (Phi) is 5.35. The Bertz CT molecular complexity index is 559. The number of nitro benzene ring substituents is 1. The third-order valence-corrected chi connectivity index (χ3v) is 2.55. The summed E-state index contributed by atoms with van der Waals surface area (Å²) in [7, 11) is 0. The Morgan fingerprint density at radius 3 is 2.45 bits per heavy atom. The van der Waals surface area contributed by atoms with Crippen molar-refractivity contribution in [2.45, 2.75) is 13.3 Å². The highest BCUT2D eigenvalue weighted by molar-refractivity contribution is 6.00. The van der Waals surface area contributed by atoms with Crippen molar-refractivity contribution in [3.63, 3.8) is 0 Å². The Balaban J connectivity index is 2.48. The fourth-order valence-electron chi connectivity index (χ4n) is 1.45. The zero-order valence-electron chi connectivity index (χ0n) is 10.7. The zero-order chi connectivity index (χ0) is 15.1. The minimum absolute atomic E-state index is 0.00209. The number of carbonyl (C=O) groups excluding carboxylic acids is 2. The standard InChI is InChI=1S/C13H12N2O5/c1-9(16)12(8-14)13(17)20-7-6-10-2-4-11(5-3-10)15(18)19/h2-5,12H,6-7H2,1H3. The maximum absolute atomic E-state index is 11.4. The lowest BCUT2D eigenvalue weighted by Gasteiger charge is -2.06. The molecule has 0 saturated carbocycles. The highest BCUT2D eigenvalue weighted by atomic mass is 16.6. The minimum atomic E-state index is -1.40. The molecule has 7 nitrogen and oxygen atoms in total. The number of nitriles is 1. The molecular weight excluding hydrogens is 264 g/mol. The van der Waals surface area contributed by atoms with Crippen molar-refractivity contribution in [1.82, 2.24) is 0 Å². The topological polar surface area (TPSA) is 110 Å². The van der Waals surface area contributed by atoms with Gasteiger partial charge in [0.1, 0.15) is 0 Å². The number of benzene rings is 1. The van der Waals surface area contributed by atoms with Gasteiger partial charge in [-0.15, -0.1) is 0 Å². The second-order valence-corrected chi connectivity index (χ2v) is 4.01. The van der Waals surface area contributed by atoms with Crippen LogP contribution < -0.4 is 0 Å². The van der Waals surface area contributed by atoms with E-state index in [2.05, 4.69) is 0 Å². The molecule has 104 valence electrons. The molecule has 0 amide bonds. The van der Waals surface area contributed by atoms with Gasteiger partial charge in [-0.2, -0.15) is 5.26 Å². The van der Waals surface area contributed by atoms with Crippen LogP contribution >= 0.6 is 0 Å². The van der Waals surface area contributed by atoms with Crippen LogP contribution in [-0.2, 0) is 20.7 Å². The fourth-order valence-corrected chi connectivity index (χ4v) is 1.45. The van der Waals surface area contributed by atoms with Crippen LogP contribution in [0.1, 0.15) is 12.5 Å². The molecule has 0 fully saturated rings. The number of Topliss-reactive ketones (excluding diaryl/α,β-unsaturated/α-hetero) is 1. The van der Waals surface area contributed by atoms with Crippen LogP contribution in [0.25, 0.3) is 0 Å². The molecule has 0 N–H and O–H groups in total. The highest BCUT2D eigenvalue weighted by Crippen LogP contribution is 2.12. The first-order chi connectivity index (χ1) is 9.45. The third-order valence-electron chi connectivity index (χ3n) is 2.55. The predicted octanol–water partition coefficient (Wildman–Crippen LogP) is 1.41. The second-order valence-electron chi connectivity index (χ2n) is 4.01. The molecular formula is C13H12N2O5. The van der Waals surface area contributed by atoms with Gasteiger partial charge in [0.2, 0.25) is 5.92 Å². The maximum Gasteiger partial charge on any atom is 0.331 e. The molecule has 0 aromatic heterocycles. The first kappa shape index (κ1) is 15.3. The summed E-state index contributed by atoms with van der Waals surface area (Å²) in [5.74, 6) is -2.83. The average molecular weight is 276 g/mol. The van der Waals surface area contributed by atoms with E-state index in [1.54, 1.807) is 18.2 Å². The summed E-state index contributed by atoms with van der Waals surface area (Å²) in [6.45, 7) is 1.15. The molecule has 0 heterocycles. The number of hydrogen-bond donors (Lipinski definition) is 0. The first-order valence-corrected chi connectivity index (χ1v) is 5.75. The van der Waals surface area contributed by atoms with E-state index >= 15 is 0 Å². The van der Waals surface area contributed by atoms with E-state index in [0.29, 0.717) is 6.42 Å². The van der Waals surface area contributed by atoms with Crippen molar-refractivity contribution in [2.24, 2.45) is 5.92 Å². The smallest absolute Gasteiger partial charge is 0.331 e. The molecule has 1 aromatic carbocycles. The molecule has 0 bridgehead atoms. The molecule has 1 aromatic rings. The van der Waals surface area contributed by atoms with Crippen molar-refractivity contribution in [1.29, 1.82) is 5.26 Å². The number of hydrogen-bond acceptors (Lipinski definition) is 6. The molecule has 1 unspecified atom stereocenters. The second kappa shape index (κ2) is 6.99. The molecule has 0 radical (unpaired) electrons. The van der Waals surface area contributed by atoms with Crippen molar-refractivity contribution < 1.29 is 19.2 Å². The number of esters is 1. The van der Waals surface area contributed by atoms with Gasteiger partial charge < -0.3 is 4.74 Å². The number of nitro groups is 1. The number of ketones is 1. The number of rotatable bonds is 6. The van der Waals surface area contributed by atoms with Crippen molar-refractivity contribution in [3.05, 3.63) is 39.9 Å². The molecule has 0 spiro atoms. The van der Waals surface area contributed by atoms with E-state index in [9.17, 15) is 19.7 Å². The highest BCUT2D eigenvalue weighted by Gasteiger charge is 2.24. The third kappa shape index (κ3) is 4.17. The molecule has 20 heavy (non-hydrogen) atoms. The van der Waals surface area contributed by atoms with Crippen LogP contribution in [0.3, 0.4) is 0 Å². The van der Waals surface area contributed by atoms with Crippen molar-refractivity contribution >= 4 is 17.4 Å². The molecule has 0 saturated heterocycles. The van der Waals surface area contributed by atoms with Gasteiger partial charge in [-0.3, -0.25) is 19.7 Å². The summed E-state index contributed by atoms with van der Waals surface area (Å²) in [5, 5.41) is 19.1. The lowest BCUT2D eigenvalue weighted by atomic mass is 10.1. The lowest BCUT2D eigenvalue weighted by Crippen LogP contribution is -2.23. The predicted molar refractivity (Wildman–Crippen MR) is 67.5 cm³/mol. The zero-order valence-corrected chi connectivity index (χ0v) is 10.7. The maximum atomic E-state index is 11.4. The van der Waals surface area contributed by atoms with Crippen LogP contribution in [0.2, 0.25) is 0 Å². The number of nitrogens with zero attached hydrogens (tertiary/aromatic N) is 2. The largest absolute Gasteiger partial charge is 0.464 e. The number of carbonyl (C=O) groups is 2. The van der Waals surface area contributed by atoms with Crippen molar-refractivity contribution in [3.8, 4) is 6.07 Å². The monoisotopic (exact) mass is 276 g/mol. The van der Waals surface area contributed by atoms with E-state index < -0.39 is 22.6 Å². The molecule has 0 aliphatic rings. The number of non-ortho nitro benzene ring substituents is 1. The molecule has 0 aliphatic carbocycles. The van der Waals surface area contributed by atoms with Gasteiger partial charge in [0.05, 0.1) is 17.6 Å². The van der Waals surface area contributed by atoms with Gasteiger partial charge in [0.25, 0.3) is 5.69 Å². The van der Waals surface area contributed by atoms with Gasteiger partial charge in [0, 0.05) is 18.6 Å². The summed E-state index contributed by atoms with van der Waals surface area (Å²) in [6.07, 6.45) is 0.347. The fraction of sp³-hybridized carbons (Fsp3) is 0.308. The lowest BCUT2D eigenvalue weighted by molar-refractivity contribution is -0.384. The summed E-state index contributed by atoms with van der Waals surface area (Å²) in [6, 6.07) is 7.38. The van der Waals surface area contributed by atoms with Gasteiger partial charge in [0.15, 0.2) is 5.78 Å². The average Bonchev–Trinajstić information content (AvgIpc) is 2.39. The van der Waals surface area contributed by atoms with E-state index in [1.165, 1.54) is 12.1 Å². The van der Waals surface area contributed by atoms with Gasteiger partial charge in [-0.1, -0.05) is 12.1 Å². The quantitative estimate of drug-likeness (QED) is 0.336. The molecule has 0 aliphatic heterocycles. The van der Waals surface area contributed by atoms with E-state index in [0.717, 1.165) is 12.5 Å². The minimum Gasteiger partial charge on any atom is -0.464 e. The molecule has 1 rings (SSSR count). The Hall–Kier alpha value is -2.75. The summed E-state index contributed by atoms with van der Waals surface area (Å²) in [5.41, 5.74) is 0.728. The van der Waals surface area contributed by atoms with Gasteiger partial charge >= 0.3 is 5.97 Å². The number of ether oxygens (including phenoxy) is 1. The summed E-state index contributed by atoms with van der Waals surface area (Å²) < 4.78 is 4.82. The molecule has 7 heteroatoms. The van der Waals surface area contributed by atoms with Crippen LogP contribution in [0.4, 0.5) is 5.69 Å². The Morgan fingerprint density at radius 1 is 1.40 bits per heavy atom. The summed E-state index contributed by atoms with van der Waals surface area (Å²) >= 11 is 0. The Labute approximate surface area is 114 Å². The van der Waals surface area contributed by atoms with E-state index in [-0.39, 0.29) is 12.3 Å². The van der Waals surface area contributed by atoms with Crippen LogP contribution in [0.5, 0.6) is 0 Å².